The number of likely N-dealkylation sites (tertiary alicyclic amines) is 1. The molecular formula is C18H24N2O3. The van der Waals surface area contributed by atoms with Gasteiger partial charge in [-0.1, -0.05) is 17.7 Å². The lowest BCUT2D eigenvalue weighted by Gasteiger charge is -2.21. The molecular weight excluding hydrogens is 292 g/mol. The Morgan fingerprint density at radius 1 is 1.26 bits per heavy atom. The number of carbonyl (C=O) groups excluding carboxylic acids is 2. The van der Waals surface area contributed by atoms with Crippen molar-refractivity contribution in [2.75, 3.05) is 24.5 Å². The molecule has 3 unspecified atom stereocenters. The summed E-state index contributed by atoms with van der Waals surface area (Å²) in [5, 5.41) is 9.67. The number of hydrogen-bond donors (Lipinski definition) is 1. The smallest absolute Gasteiger partial charge is 0.228 e. The average molecular weight is 316 g/mol. The molecule has 3 rings (SSSR count). The third kappa shape index (κ3) is 3.24. The molecule has 2 amide bonds. The van der Waals surface area contributed by atoms with E-state index in [0.717, 1.165) is 17.7 Å². The summed E-state index contributed by atoms with van der Waals surface area (Å²) in [5.41, 5.74) is 2.01. The Hall–Kier alpha value is -1.88. The molecule has 5 nitrogen and oxygen atoms in total. The largest absolute Gasteiger partial charge is 0.393 e. The molecule has 1 N–H and O–H groups in total. The van der Waals surface area contributed by atoms with Crippen molar-refractivity contribution in [3.63, 3.8) is 0 Å². The topological polar surface area (TPSA) is 60.9 Å². The molecule has 0 radical (unpaired) electrons. The van der Waals surface area contributed by atoms with Gasteiger partial charge in [-0.05, 0) is 32.4 Å². The zero-order chi connectivity index (χ0) is 16.6. The third-order valence-corrected chi connectivity index (χ3v) is 5.04. The van der Waals surface area contributed by atoms with Crippen LogP contribution in [0.15, 0.2) is 24.3 Å². The molecule has 2 fully saturated rings. The van der Waals surface area contributed by atoms with Crippen molar-refractivity contribution in [1.82, 2.24) is 4.90 Å². The van der Waals surface area contributed by atoms with Crippen LogP contribution in [0, 0.1) is 18.8 Å². The van der Waals surface area contributed by atoms with E-state index >= 15 is 0 Å². The Morgan fingerprint density at radius 3 is 2.57 bits per heavy atom. The summed E-state index contributed by atoms with van der Waals surface area (Å²) in [7, 11) is 0. The van der Waals surface area contributed by atoms with Gasteiger partial charge in [-0.15, -0.1) is 0 Å². The lowest BCUT2D eigenvalue weighted by molar-refractivity contribution is -0.135. The Bertz CT molecular complexity index is 597. The maximum absolute atomic E-state index is 12.7. The molecule has 23 heavy (non-hydrogen) atoms. The molecule has 1 aromatic carbocycles. The number of aliphatic hydroxyl groups excluding tert-OH is 1. The first kappa shape index (κ1) is 16.0. The van der Waals surface area contributed by atoms with Gasteiger partial charge in [-0.25, -0.2) is 0 Å². The van der Waals surface area contributed by atoms with Crippen molar-refractivity contribution in [3.05, 3.63) is 29.8 Å². The van der Waals surface area contributed by atoms with Crippen molar-refractivity contribution >= 4 is 17.5 Å². The summed E-state index contributed by atoms with van der Waals surface area (Å²) in [6, 6.07) is 7.82. The van der Waals surface area contributed by atoms with Gasteiger partial charge in [0.05, 0.1) is 12.0 Å². The lowest BCUT2D eigenvalue weighted by atomic mass is 10.0. The number of aliphatic hydroxyl groups is 1. The third-order valence-electron chi connectivity index (χ3n) is 5.04. The van der Waals surface area contributed by atoms with Crippen molar-refractivity contribution in [1.29, 1.82) is 0 Å². The van der Waals surface area contributed by atoms with Crippen LogP contribution in [0.5, 0.6) is 0 Å². The minimum absolute atomic E-state index is 0.0125. The van der Waals surface area contributed by atoms with Crippen molar-refractivity contribution in [3.8, 4) is 0 Å². The number of rotatable bonds is 3. The van der Waals surface area contributed by atoms with Crippen LogP contribution in [0.4, 0.5) is 5.69 Å². The fourth-order valence-corrected chi connectivity index (χ4v) is 3.49. The number of carbonyl (C=O) groups is 2. The van der Waals surface area contributed by atoms with Gasteiger partial charge in [0.15, 0.2) is 0 Å². The van der Waals surface area contributed by atoms with Gasteiger partial charge in [0.25, 0.3) is 0 Å². The van der Waals surface area contributed by atoms with E-state index in [0.29, 0.717) is 19.6 Å². The first-order valence-corrected chi connectivity index (χ1v) is 8.29. The van der Waals surface area contributed by atoms with Crippen molar-refractivity contribution in [2.45, 2.75) is 32.8 Å². The van der Waals surface area contributed by atoms with Gasteiger partial charge >= 0.3 is 0 Å². The summed E-state index contributed by atoms with van der Waals surface area (Å²) >= 11 is 0. The molecule has 0 aromatic heterocycles. The van der Waals surface area contributed by atoms with Crippen LogP contribution in [0.3, 0.4) is 0 Å². The molecule has 0 saturated carbocycles. The Labute approximate surface area is 136 Å². The molecule has 5 heteroatoms. The maximum atomic E-state index is 12.7. The van der Waals surface area contributed by atoms with E-state index in [1.165, 1.54) is 0 Å². The molecule has 0 bridgehead atoms. The highest BCUT2D eigenvalue weighted by Crippen LogP contribution is 2.29. The summed E-state index contributed by atoms with van der Waals surface area (Å²) in [4.78, 5) is 28.5. The Morgan fingerprint density at radius 2 is 1.96 bits per heavy atom. The van der Waals surface area contributed by atoms with Crippen molar-refractivity contribution in [2.24, 2.45) is 11.8 Å². The van der Waals surface area contributed by atoms with Crippen LogP contribution in [0.2, 0.25) is 0 Å². The molecule has 3 atom stereocenters. The van der Waals surface area contributed by atoms with Gasteiger partial charge < -0.3 is 14.9 Å². The Balaban J connectivity index is 1.65. The van der Waals surface area contributed by atoms with Crippen LogP contribution < -0.4 is 4.90 Å². The second-order valence-corrected chi connectivity index (χ2v) is 6.81. The number of amides is 2. The van der Waals surface area contributed by atoms with Crippen LogP contribution >= 0.6 is 0 Å². The minimum Gasteiger partial charge on any atom is -0.393 e. The highest BCUT2D eigenvalue weighted by Gasteiger charge is 2.39. The zero-order valence-corrected chi connectivity index (χ0v) is 13.7. The van der Waals surface area contributed by atoms with E-state index < -0.39 is 0 Å². The first-order chi connectivity index (χ1) is 11.0. The SMILES string of the molecule is Cc1ccc(N2CC(C(=O)N3CCC(C(C)O)C3)CC2=O)cc1. The highest BCUT2D eigenvalue weighted by molar-refractivity contribution is 6.00. The molecule has 2 saturated heterocycles. The van der Waals surface area contributed by atoms with Gasteiger partial charge in [0.2, 0.25) is 11.8 Å². The number of benzene rings is 1. The van der Waals surface area contributed by atoms with Gasteiger partial charge in [0.1, 0.15) is 0 Å². The highest BCUT2D eigenvalue weighted by atomic mass is 16.3. The second kappa shape index (κ2) is 6.32. The van der Waals surface area contributed by atoms with Gasteiger partial charge in [-0.3, -0.25) is 9.59 Å². The second-order valence-electron chi connectivity index (χ2n) is 6.81. The molecule has 0 spiro atoms. The van der Waals surface area contributed by atoms with E-state index in [9.17, 15) is 14.7 Å². The maximum Gasteiger partial charge on any atom is 0.228 e. The Kier molecular flexibility index (Phi) is 4.39. The number of aryl methyl sites for hydroxylation is 1. The molecule has 2 aliphatic rings. The predicted molar refractivity (Wildman–Crippen MR) is 88.0 cm³/mol. The van der Waals surface area contributed by atoms with E-state index in [4.69, 9.17) is 0 Å². The summed E-state index contributed by atoms with van der Waals surface area (Å²) < 4.78 is 0. The fourth-order valence-electron chi connectivity index (χ4n) is 3.49. The lowest BCUT2D eigenvalue weighted by Crippen LogP contribution is -2.36. The average Bonchev–Trinajstić information content (AvgIpc) is 3.14. The predicted octanol–water partition coefficient (Wildman–Crippen LogP) is 1.58. The number of nitrogens with zero attached hydrogens (tertiary/aromatic N) is 2. The van der Waals surface area contributed by atoms with Crippen LogP contribution in [-0.4, -0.2) is 47.6 Å². The standard InChI is InChI=1S/C18H24N2O3/c1-12-3-5-16(6-4-12)20-11-15(9-17(20)22)18(23)19-8-7-14(10-19)13(2)21/h3-6,13-15,21H,7-11H2,1-2H3. The molecule has 1 aromatic rings. The van der Waals surface area contributed by atoms with Crippen LogP contribution in [-0.2, 0) is 9.59 Å². The summed E-state index contributed by atoms with van der Waals surface area (Å²) in [5.74, 6) is -0.0459. The van der Waals surface area contributed by atoms with E-state index in [1.807, 2.05) is 36.1 Å². The summed E-state index contributed by atoms with van der Waals surface area (Å²) in [6.07, 6.45) is 0.732. The van der Waals surface area contributed by atoms with Gasteiger partial charge in [0, 0.05) is 37.7 Å². The quantitative estimate of drug-likeness (QED) is 0.921. The molecule has 0 aliphatic carbocycles. The molecule has 2 heterocycles. The number of hydrogen-bond acceptors (Lipinski definition) is 3. The van der Waals surface area contributed by atoms with Crippen molar-refractivity contribution < 1.29 is 14.7 Å². The number of anilines is 1. The van der Waals surface area contributed by atoms with Crippen LogP contribution in [0.1, 0.15) is 25.3 Å². The molecule has 2 aliphatic heterocycles. The molecule has 124 valence electrons. The normalized spacial score (nSPS) is 26.0. The van der Waals surface area contributed by atoms with Crippen LogP contribution in [0.25, 0.3) is 0 Å². The summed E-state index contributed by atoms with van der Waals surface area (Å²) in [6.45, 7) is 5.52. The zero-order valence-electron chi connectivity index (χ0n) is 13.7. The minimum atomic E-state index is -0.387. The monoisotopic (exact) mass is 316 g/mol. The van der Waals surface area contributed by atoms with E-state index in [-0.39, 0.29) is 36.2 Å². The first-order valence-electron chi connectivity index (χ1n) is 8.29. The van der Waals surface area contributed by atoms with Gasteiger partial charge in [-0.2, -0.15) is 0 Å². The fraction of sp³-hybridized carbons (Fsp3) is 0.556. The van der Waals surface area contributed by atoms with E-state index in [2.05, 4.69) is 0 Å². The van der Waals surface area contributed by atoms with E-state index in [1.54, 1.807) is 11.8 Å².